The molecule has 1 aromatic heterocycles. The number of allylic oxidation sites excluding steroid dienone is 2. The van der Waals surface area contributed by atoms with Gasteiger partial charge in [0.2, 0.25) is 5.95 Å². The molecule has 0 unspecified atom stereocenters. The highest BCUT2D eigenvalue weighted by Gasteiger charge is 2.39. The van der Waals surface area contributed by atoms with E-state index in [0.29, 0.717) is 35.0 Å². The molecule has 0 fully saturated rings. The monoisotopic (exact) mass is 410 g/mol. The zero-order valence-corrected chi connectivity index (χ0v) is 16.0. The number of fused-ring (bicyclic) bond motifs is 1. The molecular formula is C22H17F3N4O. The number of carbonyl (C=O) groups is 1. The van der Waals surface area contributed by atoms with Gasteiger partial charge in [0.25, 0.3) is 0 Å². The first-order valence-corrected chi connectivity index (χ1v) is 9.57. The number of hydrogen-bond acceptors (Lipinski definition) is 4. The predicted octanol–water partition coefficient (Wildman–Crippen LogP) is 4.42. The van der Waals surface area contributed by atoms with Gasteiger partial charge in [0.15, 0.2) is 5.78 Å². The lowest BCUT2D eigenvalue weighted by Crippen LogP contribution is -2.33. The zero-order valence-electron chi connectivity index (χ0n) is 16.0. The van der Waals surface area contributed by atoms with E-state index in [2.05, 4.69) is 15.4 Å². The first kappa shape index (κ1) is 18.6. The van der Waals surface area contributed by atoms with Gasteiger partial charge in [-0.3, -0.25) is 4.79 Å². The number of rotatable bonds is 2. The fourth-order valence-corrected chi connectivity index (χ4v) is 4.33. The third-order valence-electron chi connectivity index (χ3n) is 5.57. The third kappa shape index (κ3) is 3.08. The molecule has 1 aliphatic heterocycles. The van der Waals surface area contributed by atoms with Gasteiger partial charge in [-0.1, -0.05) is 12.1 Å². The van der Waals surface area contributed by atoms with Gasteiger partial charge < -0.3 is 5.32 Å². The molecule has 3 aromatic rings. The molecule has 0 saturated carbocycles. The second-order valence-corrected chi connectivity index (χ2v) is 7.63. The maximum absolute atomic E-state index is 14.0. The van der Waals surface area contributed by atoms with E-state index in [9.17, 15) is 18.0 Å². The second-order valence-electron chi connectivity index (χ2n) is 7.63. The molecule has 5 nitrogen and oxygen atoms in total. The zero-order chi connectivity index (χ0) is 21.0. The van der Waals surface area contributed by atoms with Crippen molar-refractivity contribution in [3.8, 4) is 0 Å². The second kappa shape index (κ2) is 6.83. The van der Waals surface area contributed by atoms with Crippen LogP contribution in [0.5, 0.6) is 0 Å². The van der Waals surface area contributed by atoms with Gasteiger partial charge in [0.1, 0.15) is 29.3 Å². The minimum atomic E-state index is -0.774. The van der Waals surface area contributed by atoms with Crippen molar-refractivity contribution in [1.82, 2.24) is 14.8 Å². The van der Waals surface area contributed by atoms with Crippen LogP contribution in [-0.2, 0) is 4.79 Å². The summed E-state index contributed by atoms with van der Waals surface area (Å²) in [5.74, 6) is -1.19. The number of nitrogens with one attached hydrogen (secondary N) is 1. The molecule has 8 heteroatoms. The van der Waals surface area contributed by atoms with E-state index in [1.165, 1.54) is 28.9 Å². The Bertz CT molecular complexity index is 1180. The summed E-state index contributed by atoms with van der Waals surface area (Å²) in [4.78, 5) is 17.6. The predicted molar refractivity (Wildman–Crippen MR) is 103 cm³/mol. The van der Waals surface area contributed by atoms with Crippen molar-refractivity contribution in [3.63, 3.8) is 0 Å². The number of anilines is 1. The van der Waals surface area contributed by atoms with E-state index in [0.717, 1.165) is 11.6 Å². The number of benzene rings is 2. The number of halogens is 3. The molecule has 152 valence electrons. The van der Waals surface area contributed by atoms with Crippen LogP contribution >= 0.6 is 0 Å². The first-order valence-electron chi connectivity index (χ1n) is 9.57. The summed E-state index contributed by atoms with van der Waals surface area (Å²) in [6, 6.07) is 8.53. The van der Waals surface area contributed by atoms with Crippen molar-refractivity contribution in [2.45, 2.75) is 31.7 Å². The molecule has 0 bridgehead atoms. The molecule has 0 radical (unpaired) electrons. The van der Waals surface area contributed by atoms with Crippen molar-refractivity contribution in [2.24, 2.45) is 0 Å². The number of nitrogens with zero attached hydrogens (tertiary/aromatic N) is 3. The fraction of sp³-hybridized carbons (Fsp3) is 0.227. The Morgan fingerprint density at radius 3 is 2.37 bits per heavy atom. The molecule has 2 atom stereocenters. The fourth-order valence-electron chi connectivity index (χ4n) is 4.33. The van der Waals surface area contributed by atoms with Crippen molar-refractivity contribution < 1.29 is 18.0 Å². The SMILES string of the molecule is Cc1nc2n(n1)[C@H](c1cc(F)cc(F)c1)C1=C(C[C@H](c3ccc(F)cc3)CC1=O)N2. The van der Waals surface area contributed by atoms with Gasteiger partial charge in [-0.2, -0.15) is 10.1 Å². The smallest absolute Gasteiger partial charge is 0.226 e. The van der Waals surface area contributed by atoms with Gasteiger partial charge in [-0.15, -0.1) is 0 Å². The summed E-state index contributed by atoms with van der Waals surface area (Å²) < 4.78 is 42.7. The van der Waals surface area contributed by atoms with Crippen LogP contribution in [0.4, 0.5) is 19.1 Å². The average molecular weight is 410 g/mol. The molecule has 0 saturated heterocycles. The van der Waals surface area contributed by atoms with E-state index < -0.39 is 17.7 Å². The van der Waals surface area contributed by atoms with E-state index in [1.54, 1.807) is 19.1 Å². The van der Waals surface area contributed by atoms with Gasteiger partial charge in [0, 0.05) is 23.8 Å². The van der Waals surface area contributed by atoms with Gasteiger partial charge in [0.05, 0.1) is 0 Å². The quantitative estimate of drug-likeness (QED) is 0.680. The topological polar surface area (TPSA) is 59.8 Å². The maximum Gasteiger partial charge on any atom is 0.226 e. The Morgan fingerprint density at radius 1 is 0.967 bits per heavy atom. The number of hydrogen-bond donors (Lipinski definition) is 1. The molecule has 5 rings (SSSR count). The van der Waals surface area contributed by atoms with Crippen molar-refractivity contribution in [2.75, 3.05) is 5.32 Å². The van der Waals surface area contributed by atoms with Crippen molar-refractivity contribution in [3.05, 3.63) is 88.1 Å². The number of Topliss-reactive ketones (excluding diaryl/α,β-unsaturated/α-hetero) is 1. The van der Waals surface area contributed by atoms with Crippen LogP contribution in [0.1, 0.15) is 41.8 Å². The summed E-state index contributed by atoms with van der Waals surface area (Å²) in [6.07, 6.45) is 0.705. The molecule has 1 N–H and O–H groups in total. The molecule has 2 aromatic carbocycles. The highest BCUT2D eigenvalue weighted by molar-refractivity contribution is 6.00. The number of carbonyl (C=O) groups excluding carboxylic acids is 1. The lowest BCUT2D eigenvalue weighted by Gasteiger charge is -2.35. The van der Waals surface area contributed by atoms with Crippen LogP contribution < -0.4 is 5.32 Å². The third-order valence-corrected chi connectivity index (χ3v) is 5.57. The molecule has 1 aliphatic carbocycles. The van der Waals surface area contributed by atoms with Crippen molar-refractivity contribution >= 4 is 11.7 Å². The van der Waals surface area contributed by atoms with Crippen LogP contribution in [0.15, 0.2) is 53.7 Å². The van der Waals surface area contributed by atoms with Crippen LogP contribution in [0.3, 0.4) is 0 Å². The number of aryl methyl sites for hydroxylation is 1. The highest BCUT2D eigenvalue weighted by atomic mass is 19.1. The molecule has 2 aliphatic rings. The normalized spacial score (nSPS) is 20.6. The maximum atomic E-state index is 14.0. The minimum Gasteiger partial charge on any atom is -0.328 e. The minimum absolute atomic E-state index is 0.134. The van der Waals surface area contributed by atoms with Crippen LogP contribution in [0.25, 0.3) is 0 Å². The summed E-state index contributed by atoms with van der Waals surface area (Å²) >= 11 is 0. The van der Waals surface area contributed by atoms with Crippen LogP contribution in [0.2, 0.25) is 0 Å². The van der Waals surface area contributed by atoms with E-state index in [-0.39, 0.29) is 23.9 Å². The Labute approximate surface area is 170 Å². The Kier molecular flexibility index (Phi) is 4.23. The molecule has 0 spiro atoms. The molecule has 0 amide bonds. The number of aromatic nitrogens is 3. The summed E-state index contributed by atoms with van der Waals surface area (Å²) in [5, 5.41) is 7.53. The molecule has 30 heavy (non-hydrogen) atoms. The van der Waals surface area contributed by atoms with Crippen molar-refractivity contribution in [1.29, 1.82) is 0 Å². The lowest BCUT2D eigenvalue weighted by molar-refractivity contribution is -0.116. The number of ketones is 1. The lowest BCUT2D eigenvalue weighted by atomic mass is 9.78. The van der Waals surface area contributed by atoms with Gasteiger partial charge in [-0.25, -0.2) is 17.9 Å². The largest absolute Gasteiger partial charge is 0.328 e. The first-order chi connectivity index (χ1) is 14.4. The van der Waals surface area contributed by atoms with E-state index in [4.69, 9.17) is 0 Å². The molecule has 2 heterocycles. The van der Waals surface area contributed by atoms with Crippen LogP contribution in [0, 0.1) is 24.4 Å². The summed E-state index contributed by atoms with van der Waals surface area (Å²) in [6.45, 7) is 1.71. The highest BCUT2D eigenvalue weighted by Crippen LogP contribution is 2.44. The summed E-state index contributed by atoms with van der Waals surface area (Å²) in [7, 11) is 0. The average Bonchev–Trinajstić information content (AvgIpc) is 3.05. The standard InChI is InChI=1S/C22H17F3N4O/c1-11-26-22-27-18-8-13(12-2-4-15(23)5-3-12)9-19(30)20(18)21(29(22)28-11)14-6-16(24)10-17(25)7-14/h2-7,10,13,21H,8-9H2,1H3,(H,26,27,28)/t13-,21+/m0/s1. The van der Waals surface area contributed by atoms with E-state index >= 15 is 0 Å². The Morgan fingerprint density at radius 2 is 1.67 bits per heavy atom. The van der Waals surface area contributed by atoms with Crippen LogP contribution in [-0.4, -0.2) is 20.5 Å². The van der Waals surface area contributed by atoms with Gasteiger partial charge >= 0.3 is 0 Å². The van der Waals surface area contributed by atoms with Gasteiger partial charge in [-0.05, 0) is 54.7 Å². The summed E-state index contributed by atoms with van der Waals surface area (Å²) in [5.41, 5.74) is 2.22. The van der Waals surface area contributed by atoms with E-state index in [1.807, 2.05) is 0 Å². The Hall–Kier alpha value is -3.42. The molecular weight excluding hydrogens is 393 g/mol. The Balaban J connectivity index is 1.62.